The number of aryl methyl sites for hydroxylation is 3. The molecule has 4 heteroatoms. The molecule has 17 heavy (non-hydrogen) atoms. The third-order valence-corrected chi connectivity index (χ3v) is 2.75. The SMILES string of the molecule is Cc1noc(CCn2ccc3c[c]ccc32)n1. The number of benzene rings is 1. The van der Waals surface area contributed by atoms with E-state index in [0.29, 0.717) is 11.7 Å². The van der Waals surface area contributed by atoms with Crippen molar-refractivity contribution < 1.29 is 4.52 Å². The minimum Gasteiger partial charge on any atom is -0.347 e. The first-order valence-electron chi connectivity index (χ1n) is 5.57. The van der Waals surface area contributed by atoms with Crippen molar-refractivity contribution in [3.05, 3.63) is 48.2 Å². The van der Waals surface area contributed by atoms with Gasteiger partial charge in [-0.05, 0) is 31.2 Å². The molecule has 0 aliphatic heterocycles. The molecule has 85 valence electrons. The van der Waals surface area contributed by atoms with Crippen LogP contribution in [-0.2, 0) is 13.0 Å². The summed E-state index contributed by atoms with van der Waals surface area (Å²) in [6.45, 7) is 2.67. The van der Waals surface area contributed by atoms with Crippen molar-refractivity contribution in [3.63, 3.8) is 0 Å². The average molecular weight is 226 g/mol. The highest BCUT2D eigenvalue weighted by Gasteiger charge is 2.04. The van der Waals surface area contributed by atoms with Gasteiger partial charge in [0.25, 0.3) is 0 Å². The van der Waals surface area contributed by atoms with E-state index >= 15 is 0 Å². The van der Waals surface area contributed by atoms with Gasteiger partial charge in [0.05, 0.1) is 0 Å². The number of hydrogen-bond donors (Lipinski definition) is 0. The van der Waals surface area contributed by atoms with Crippen LogP contribution in [0.3, 0.4) is 0 Å². The predicted octanol–water partition coefficient (Wildman–Crippen LogP) is 2.38. The highest BCUT2D eigenvalue weighted by atomic mass is 16.5. The summed E-state index contributed by atoms with van der Waals surface area (Å²) in [4.78, 5) is 4.19. The minimum absolute atomic E-state index is 0.687. The van der Waals surface area contributed by atoms with E-state index in [4.69, 9.17) is 4.52 Å². The van der Waals surface area contributed by atoms with E-state index in [-0.39, 0.29) is 0 Å². The van der Waals surface area contributed by atoms with Crippen molar-refractivity contribution in [2.24, 2.45) is 0 Å². The first-order valence-corrected chi connectivity index (χ1v) is 5.57. The molecule has 0 spiro atoms. The van der Waals surface area contributed by atoms with E-state index in [0.717, 1.165) is 13.0 Å². The molecule has 3 rings (SSSR count). The van der Waals surface area contributed by atoms with E-state index in [1.807, 2.05) is 19.1 Å². The highest BCUT2D eigenvalue weighted by molar-refractivity contribution is 5.79. The summed E-state index contributed by atoms with van der Waals surface area (Å²) in [6.07, 6.45) is 2.82. The molecule has 1 aromatic carbocycles. The van der Waals surface area contributed by atoms with Crippen LogP contribution in [0, 0.1) is 13.0 Å². The lowest BCUT2D eigenvalue weighted by Crippen LogP contribution is -1.99. The topological polar surface area (TPSA) is 43.9 Å². The number of nitrogens with zero attached hydrogens (tertiary/aromatic N) is 3. The van der Waals surface area contributed by atoms with E-state index < -0.39 is 0 Å². The summed E-state index contributed by atoms with van der Waals surface area (Å²) in [5.74, 6) is 1.37. The Labute approximate surface area is 98.9 Å². The van der Waals surface area contributed by atoms with Crippen LogP contribution in [0.25, 0.3) is 10.9 Å². The molecule has 0 saturated heterocycles. The highest BCUT2D eigenvalue weighted by Crippen LogP contribution is 2.15. The van der Waals surface area contributed by atoms with Crippen LogP contribution in [0.5, 0.6) is 0 Å². The summed E-state index contributed by atoms with van der Waals surface area (Å²) in [5, 5.41) is 4.98. The number of aromatic nitrogens is 3. The second kappa shape index (κ2) is 4.05. The number of hydrogen-bond acceptors (Lipinski definition) is 3. The molecule has 1 radical (unpaired) electrons. The molecule has 0 N–H and O–H groups in total. The van der Waals surface area contributed by atoms with Crippen LogP contribution in [0.2, 0.25) is 0 Å². The van der Waals surface area contributed by atoms with Crippen molar-refractivity contribution >= 4 is 10.9 Å². The molecular weight excluding hydrogens is 214 g/mol. The van der Waals surface area contributed by atoms with Gasteiger partial charge in [-0.1, -0.05) is 11.2 Å². The van der Waals surface area contributed by atoms with Crippen molar-refractivity contribution in [1.82, 2.24) is 14.7 Å². The summed E-state index contributed by atoms with van der Waals surface area (Å²) >= 11 is 0. The molecular formula is C13H12N3O. The maximum atomic E-state index is 5.09. The third kappa shape index (κ3) is 1.93. The van der Waals surface area contributed by atoms with Crippen LogP contribution in [0.15, 0.2) is 35.0 Å². The maximum Gasteiger partial charge on any atom is 0.228 e. The Bertz CT molecular complexity index is 639. The molecule has 2 heterocycles. The van der Waals surface area contributed by atoms with Gasteiger partial charge in [0.2, 0.25) is 5.89 Å². The average Bonchev–Trinajstić information content (AvgIpc) is 2.93. The second-order valence-corrected chi connectivity index (χ2v) is 3.98. The van der Waals surface area contributed by atoms with E-state index in [2.05, 4.69) is 39.1 Å². The molecule has 0 fully saturated rings. The van der Waals surface area contributed by atoms with Crippen LogP contribution >= 0.6 is 0 Å². The molecule has 0 aliphatic rings. The normalized spacial score (nSPS) is 11.1. The monoisotopic (exact) mass is 226 g/mol. The standard InChI is InChI=1S/C13H12N3O/c1-10-14-13(17-15-10)7-9-16-8-6-11-4-2-3-5-12(11)16/h3-6,8H,7,9H2,1H3. The number of rotatable bonds is 3. The van der Waals surface area contributed by atoms with Crippen molar-refractivity contribution in [1.29, 1.82) is 0 Å². The molecule has 2 aromatic heterocycles. The van der Waals surface area contributed by atoms with Crippen molar-refractivity contribution in [2.45, 2.75) is 19.9 Å². The zero-order chi connectivity index (χ0) is 11.7. The van der Waals surface area contributed by atoms with Crippen LogP contribution < -0.4 is 0 Å². The van der Waals surface area contributed by atoms with Gasteiger partial charge in [-0.15, -0.1) is 0 Å². The van der Waals surface area contributed by atoms with Gasteiger partial charge in [-0.3, -0.25) is 0 Å². The Morgan fingerprint density at radius 3 is 3.18 bits per heavy atom. The first-order chi connectivity index (χ1) is 8.33. The molecule has 0 saturated carbocycles. The predicted molar refractivity (Wildman–Crippen MR) is 63.5 cm³/mol. The zero-order valence-corrected chi connectivity index (χ0v) is 9.55. The smallest absolute Gasteiger partial charge is 0.228 e. The Hall–Kier alpha value is -2.10. The molecule has 0 atom stereocenters. The molecule has 0 bridgehead atoms. The second-order valence-electron chi connectivity index (χ2n) is 3.98. The van der Waals surface area contributed by atoms with Gasteiger partial charge in [0.15, 0.2) is 5.82 Å². The van der Waals surface area contributed by atoms with Gasteiger partial charge in [-0.25, -0.2) is 0 Å². The first kappa shape index (κ1) is 10.1. The van der Waals surface area contributed by atoms with E-state index in [1.165, 1.54) is 10.9 Å². The molecule has 0 aliphatic carbocycles. The lowest BCUT2D eigenvalue weighted by molar-refractivity contribution is 0.369. The zero-order valence-electron chi connectivity index (χ0n) is 9.55. The molecule has 0 amide bonds. The van der Waals surface area contributed by atoms with Gasteiger partial charge in [0, 0.05) is 30.1 Å². The lowest BCUT2D eigenvalue weighted by Gasteiger charge is -2.02. The largest absolute Gasteiger partial charge is 0.347 e. The molecule has 0 unspecified atom stereocenters. The van der Waals surface area contributed by atoms with Crippen LogP contribution in [0.4, 0.5) is 0 Å². The Kier molecular flexibility index (Phi) is 2.40. The van der Waals surface area contributed by atoms with E-state index in [9.17, 15) is 0 Å². The fraction of sp³-hybridized carbons (Fsp3) is 0.231. The van der Waals surface area contributed by atoms with Crippen molar-refractivity contribution in [3.8, 4) is 0 Å². The summed E-state index contributed by atoms with van der Waals surface area (Å²) < 4.78 is 7.28. The Balaban J connectivity index is 1.81. The van der Waals surface area contributed by atoms with Crippen molar-refractivity contribution in [2.75, 3.05) is 0 Å². The molecule has 3 aromatic rings. The third-order valence-electron chi connectivity index (χ3n) is 2.75. The summed E-state index contributed by atoms with van der Waals surface area (Å²) in [7, 11) is 0. The fourth-order valence-corrected chi connectivity index (χ4v) is 1.93. The van der Waals surface area contributed by atoms with Gasteiger partial charge >= 0.3 is 0 Å². The van der Waals surface area contributed by atoms with Gasteiger partial charge in [-0.2, -0.15) is 4.98 Å². The summed E-state index contributed by atoms with van der Waals surface area (Å²) in [6, 6.07) is 11.1. The lowest BCUT2D eigenvalue weighted by atomic mass is 10.2. The Morgan fingerprint density at radius 1 is 1.41 bits per heavy atom. The fourth-order valence-electron chi connectivity index (χ4n) is 1.93. The van der Waals surface area contributed by atoms with Gasteiger partial charge in [0.1, 0.15) is 0 Å². The summed E-state index contributed by atoms with van der Waals surface area (Å²) in [5.41, 5.74) is 1.21. The maximum absolute atomic E-state index is 5.09. The quantitative estimate of drug-likeness (QED) is 0.688. The van der Waals surface area contributed by atoms with Crippen LogP contribution in [-0.4, -0.2) is 14.7 Å². The minimum atomic E-state index is 0.687. The van der Waals surface area contributed by atoms with Crippen LogP contribution in [0.1, 0.15) is 11.7 Å². The van der Waals surface area contributed by atoms with E-state index in [1.54, 1.807) is 0 Å². The number of fused-ring (bicyclic) bond motifs is 1. The van der Waals surface area contributed by atoms with Gasteiger partial charge < -0.3 is 9.09 Å². The molecule has 4 nitrogen and oxygen atoms in total. The Morgan fingerprint density at radius 2 is 2.35 bits per heavy atom.